The van der Waals surface area contributed by atoms with Crippen LogP contribution in [0.15, 0.2) is 29.0 Å². The van der Waals surface area contributed by atoms with E-state index in [1.807, 2.05) is 6.08 Å². The smallest absolute Gasteiger partial charge is 0.0910 e. The molecule has 3 nitrogen and oxygen atoms in total. The number of hydrogen-bond donors (Lipinski definition) is 0. The first-order valence-electron chi connectivity index (χ1n) is 8.79. The van der Waals surface area contributed by atoms with Crippen LogP contribution in [0.25, 0.3) is 0 Å². The standard InChI is InChI=1S/C18H31N3S/c1-3-5-7-9-13-20(14-10-8-6-4-2)21-15-11-12-18(16-21)19-17-22/h11-12,16H,3-10,13-15H2,1-2H3. The molecule has 0 atom stereocenters. The third kappa shape index (κ3) is 7.88. The number of unbranched alkanes of at least 4 members (excludes halogenated alkanes) is 6. The van der Waals surface area contributed by atoms with Crippen LogP contribution in [-0.4, -0.2) is 34.8 Å². The van der Waals surface area contributed by atoms with Gasteiger partial charge in [0, 0.05) is 19.3 Å². The van der Waals surface area contributed by atoms with Crippen molar-refractivity contribution in [3.8, 4) is 0 Å². The summed E-state index contributed by atoms with van der Waals surface area (Å²) in [7, 11) is 0. The molecule has 0 N–H and O–H groups in total. The lowest BCUT2D eigenvalue weighted by molar-refractivity contribution is 0.0264. The van der Waals surface area contributed by atoms with Gasteiger partial charge in [-0.2, -0.15) is 4.99 Å². The van der Waals surface area contributed by atoms with E-state index in [9.17, 15) is 0 Å². The predicted molar refractivity (Wildman–Crippen MR) is 98.8 cm³/mol. The highest BCUT2D eigenvalue weighted by atomic mass is 32.1. The number of hydrogen-bond acceptors (Lipinski definition) is 4. The molecular formula is C18H31N3S. The third-order valence-electron chi connectivity index (χ3n) is 3.94. The van der Waals surface area contributed by atoms with E-state index >= 15 is 0 Å². The van der Waals surface area contributed by atoms with Crippen LogP contribution < -0.4 is 0 Å². The summed E-state index contributed by atoms with van der Waals surface area (Å²) in [6.45, 7) is 7.71. The van der Waals surface area contributed by atoms with Crippen molar-refractivity contribution in [1.29, 1.82) is 0 Å². The van der Waals surface area contributed by atoms with Crippen LogP contribution in [0, 0.1) is 0 Å². The van der Waals surface area contributed by atoms with Crippen molar-refractivity contribution in [1.82, 2.24) is 10.0 Å². The molecule has 124 valence electrons. The van der Waals surface area contributed by atoms with E-state index in [-0.39, 0.29) is 0 Å². The molecule has 0 spiro atoms. The van der Waals surface area contributed by atoms with Crippen molar-refractivity contribution < 1.29 is 0 Å². The molecule has 0 fully saturated rings. The van der Waals surface area contributed by atoms with Gasteiger partial charge >= 0.3 is 0 Å². The van der Waals surface area contributed by atoms with Gasteiger partial charge in [-0.1, -0.05) is 58.4 Å². The Kier molecular flexibility index (Phi) is 10.9. The maximum Gasteiger partial charge on any atom is 0.0910 e. The number of aliphatic imine (C=N–C) groups is 1. The Morgan fingerprint density at radius 2 is 1.73 bits per heavy atom. The first-order chi connectivity index (χ1) is 10.8. The zero-order chi connectivity index (χ0) is 16.0. The molecule has 4 heteroatoms. The van der Waals surface area contributed by atoms with Gasteiger partial charge in [0.05, 0.1) is 17.4 Å². The minimum Gasteiger partial charge on any atom is -0.307 e. The fraction of sp³-hybridized carbons (Fsp3) is 0.722. The summed E-state index contributed by atoms with van der Waals surface area (Å²) in [6, 6.07) is 0. The van der Waals surface area contributed by atoms with Gasteiger partial charge in [0.2, 0.25) is 0 Å². The fourth-order valence-corrected chi connectivity index (χ4v) is 2.76. The first kappa shape index (κ1) is 19.1. The van der Waals surface area contributed by atoms with Crippen LogP contribution in [0.5, 0.6) is 0 Å². The lowest BCUT2D eigenvalue weighted by Crippen LogP contribution is -2.41. The minimum atomic E-state index is 0.897. The van der Waals surface area contributed by atoms with Crippen LogP contribution >= 0.6 is 12.2 Å². The van der Waals surface area contributed by atoms with Crippen molar-refractivity contribution in [2.24, 2.45) is 4.99 Å². The summed E-state index contributed by atoms with van der Waals surface area (Å²) < 4.78 is 0. The number of allylic oxidation sites excluding steroid dienone is 1. The van der Waals surface area contributed by atoms with Crippen LogP contribution in [0.1, 0.15) is 65.2 Å². The molecule has 22 heavy (non-hydrogen) atoms. The predicted octanol–water partition coefficient (Wildman–Crippen LogP) is 5.18. The van der Waals surface area contributed by atoms with Crippen molar-refractivity contribution in [2.45, 2.75) is 65.2 Å². The zero-order valence-corrected chi connectivity index (χ0v) is 15.1. The Balaban J connectivity index is 2.54. The molecule has 0 amide bonds. The highest BCUT2D eigenvalue weighted by Gasteiger charge is 2.13. The molecule has 0 radical (unpaired) electrons. The number of nitrogens with zero attached hydrogens (tertiary/aromatic N) is 3. The summed E-state index contributed by atoms with van der Waals surface area (Å²) >= 11 is 4.71. The zero-order valence-electron chi connectivity index (χ0n) is 14.3. The molecule has 1 aliphatic heterocycles. The molecule has 0 aromatic carbocycles. The molecular weight excluding hydrogens is 290 g/mol. The van der Waals surface area contributed by atoms with Gasteiger partial charge in [0.25, 0.3) is 0 Å². The summed E-state index contributed by atoms with van der Waals surface area (Å²) in [5, 5.41) is 7.24. The van der Waals surface area contributed by atoms with Crippen LogP contribution in [0.3, 0.4) is 0 Å². The molecule has 1 heterocycles. The van der Waals surface area contributed by atoms with E-state index in [1.54, 1.807) is 0 Å². The van der Waals surface area contributed by atoms with Gasteiger partial charge < -0.3 is 5.01 Å². The van der Waals surface area contributed by atoms with E-state index in [2.05, 4.69) is 46.3 Å². The van der Waals surface area contributed by atoms with Gasteiger partial charge in [0.1, 0.15) is 0 Å². The Labute approximate surface area is 141 Å². The van der Waals surface area contributed by atoms with Gasteiger partial charge in [-0.15, -0.1) is 0 Å². The Morgan fingerprint density at radius 3 is 2.27 bits per heavy atom. The van der Waals surface area contributed by atoms with E-state index < -0.39 is 0 Å². The van der Waals surface area contributed by atoms with Crippen LogP contribution in [-0.2, 0) is 0 Å². The van der Waals surface area contributed by atoms with Crippen LogP contribution in [0.4, 0.5) is 0 Å². The monoisotopic (exact) mass is 321 g/mol. The summed E-state index contributed by atoms with van der Waals surface area (Å²) in [5.74, 6) is 0. The van der Waals surface area contributed by atoms with E-state index in [1.165, 1.54) is 51.4 Å². The number of thiocarbonyl (C=S) groups is 1. The second-order valence-corrected chi connectivity index (χ2v) is 6.04. The Bertz CT molecular complexity index is 385. The number of rotatable bonds is 12. The van der Waals surface area contributed by atoms with Crippen molar-refractivity contribution in [3.63, 3.8) is 0 Å². The maximum absolute atomic E-state index is 4.71. The highest BCUT2D eigenvalue weighted by Crippen LogP contribution is 2.14. The lowest BCUT2D eigenvalue weighted by atomic mass is 10.2. The fourth-order valence-electron chi connectivity index (χ4n) is 2.66. The normalized spacial score (nSPS) is 14.1. The highest BCUT2D eigenvalue weighted by molar-refractivity contribution is 7.78. The average Bonchev–Trinajstić information content (AvgIpc) is 2.54. The SMILES string of the molecule is CCCCCCN(CCCCCC)N1C=C(N=C=S)C=CC1. The van der Waals surface area contributed by atoms with Crippen molar-refractivity contribution in [2.75, 3.05) is 19.6 Å². The average molecular weight is 322 g/mol. The first-order valence-corrected chi connectivity index (χ1v) is 9.20. The Morgan fingerprint density at radius 1 is 1.09 bits per heavy atom. The molecule has 0 saturated carbocycles. The van der Waals surface area contributed by atoms with E-state index in [0.717, 1.165) is 25.3 Å². The second-order valence-electron chi connectivity index (χ2n) is 5.86. The summed E-state index contributed by atoms with van der Waals surface area (Å²) in [6.07, 6.45) is 16.7. The molecule has 0 aromatic heterocycles. The van der Waals surface area contributed by atoms with Crippen molar-refractivity contribution >= 4 is 17.4 Å². The van der Waals surface area contributed by atoms with Gasteiger partial charge in [-0.05, 0) is 31.1 Å². The largest absolute Gasteiger partial charge is 0.307 e. The summed E-state index contributed by atoms with van der Waals surface area (Å²) in [4.78, 5) is 4.11. The minimum absolute atomic E-state index is 0.897. The number of hydrazine groups is 1. The molecule has 0 aliphatic carbocycles. The second kappa shape index (κ2) is 12.6. The molecule has 1 rings (SSSR count). The third-order valence-corrected chi connectivity index (χ3v) is 4.03. The topological polar surface area (TPSA) is 18.8 Å². The molecule has 0 bridgehead atoms. The molecule has 0 unspecified atom stereocenters. The quantitative estimate of drug-likeness (QED) is 0.280. The lowest BCUT2D eigenvalue weighted by Gasteiger charge is -2.35. The summed E-state index contributed by atoms with van der Waals surface area (Å²) in [5.41, 5.74) is 0.897. The van der Waals surface area contributed by atoms with Gasteiger partial charge in [0.15, 0.2) is 0 Å². The van der Waals surface area contributed by atoms with E-state index in [4.69, 9.17) is 12.2 Å². The molecule has 1 aliphatic rings. The molecule has 0 aromatic rings. The van der Waals surface area contributed by atoms with Gasteiger partial charge in [-0.3, -0.25) is 0 Å². The van der Waals surface area contributed by atoms with Crippen LogP contribution in [0.2, 0.25) is 0 Å². The molecule has 0 saturated heterocycles. The van der Waals surface area contributed by atoms with Gasteiger partial charge in [-0.25, -0.2) is 5.01 Å². The van der Waals surface area contributed by atoms with Crippen molar-refractivity contribution in [3.05, 3.63) is 24.0 Å². The van der Waals surface area contributed by atoms with E-state index in [0.29, 0.717) is 0 Å². The number of isothiocyanates is 1. The maximum atomic E-state index is 4.71. The Hall–Kier alpha value is -0.960.